The van der Waals surface area contributed by atoms with Gasteiger partial charge in [-0.25, -0.2) is 4.98 Å². The molecule has 0 unspecified atom stereocenters. The number of nitrogens with one attached hydrogen (secondary N) is 2. The Balaban J connectivity index is 1.20. The quantitative estimate of drug-likeness (QED) is 0.177. The van der Waals surface area contributed by atoms with E-state index in [1.165, 1.54) is 12.0 Å². The third-order valence-electron chi connectivity index (χ3n) is 8.58. The van der Waals surface area contributed by atoms with E-state index in [-0.39, 0.29) is 29.7 Å². The number of benzene rings is 3. The maximum Gasteiger partial charge on any atom is 0.259 e. The van der Waals surface area contributed by atoms with Gasteiger partial charge in [0.2, 0.25) is 5.91 Å². The van der Waals surface area contributed by atoms with E-state index < -0.39 is 5.91 Å². The number of hydrogen-bond donors (Lipinski definition) is 3. The number of carbonyl (C=O) groups is 3. The lowest BCUT2D eigenvalue weighted by Crippen LogP contribution is -2.47. The lowest BCUT2D eigenvalue weighted by Gasteiger charge is -2.32. The molecule has 1 fully saturated rings. The molecule has 3 aromatic carbocycles. The molecule has 0 atom stereocenters. The molecule has 1 aromatic heterocycles. The van der Waals surface area contributed by atoms with Crippen LogP contribution >= 0.6 is 0 Å². The van der Waals surface area contributed by atoms with Crippen molar-refractivity contribution in [2.45, 2.75) is 39.2 Å². The highest BCUT2D eigenvalue weighted by Gasteiger charge is 2.22. The highest BCUT2D eigenvalue weighted by Crippen LogP contribution is 2.31. The van der Waals surface area contributed by atoms with Crippen LogP contribution in [-0.4, -0.2) is 96.6 Å². The number of fused-ring (bicyclic) bond motifs is 1. The summed E-state index contributed by atoms with van der Waals surface area (Å²) >= 11 is 0. The largest absolute Gasteiger partial charge is 0.496 e. The number of anilines is 2. The number of unbranched alkanes of at least 4 members (excludes halogenated alkanes) is 2. The first-order chi connectivity index (χ1) is 23.2. The van der Waals surface area contributed by atoms with Gasteiger partial charge in [0, 0.05) is 45.2 Å². The van der Waals surface area contributed by atoms with Crippen molar-refractivity contribution in [3.05, 3.63) is 77.1 Å². The number of rotatable bonds is 13. The predicted octanol–water partition coefficient (Wildman–Crippen LogP) is 4.61. The number of aliphatic hydroxyl groups excluding tert-OH is 1. The summed E-state index contributed by atoms with van der Waals surface area (Å²) in [7, 11) is 5.20. The highest BCUT2D eigenvalue weighted by molar-refractivity contribution is 6.11. The molecule has 1 saturated heterocycles. The molecule has 0 bridgehead atoms. The maximum atomic E-state index is 13.7. The lowest BCUT2D eigenvalue weighted by molar-refractivity contribution is -0.132. The van der Waals surface area contributed by atoms with Gasteiger partial charge in [-0.2, -0.15) is 0 Å². The van der Waals surface area contributed by atoms with Crippen LogP contribution < -0.4 is 19.7 Å². The van der Waals surface area contributed by atoms with Crippen LogP contribution in [0.4, 0.5) is 11.4 Å². The molecule has 3 N–H and O–H groups in total. The van der Waals surface area contributed by atoms with Gasteiger partial charge < -0.3 is 39.6 Å². The zero-order chi connectivity index (χ0) is 34.2. The van der Waals surface area contributed by atoms with Crippen LogP contribution in [0, 0.1) is 6.92 Å². The van der Waals surface area contributed by atoms with E-state index >= 15 is 0 Å². The lowest BCUT2D eigenvalue weighted by atomic mass is 10.1. The highest BCUT2D eigenvalue weighted by atomic mass is 16.5. The third kappa shape index (κ3) is 8.12. The van der Waals surface area contributed by atoms with Gasteiger partial charge in [0.1, 0.15) is 29.4 Å². The van der Waals surface area contributed by atoms with E-state index in [9.17, 15) is 19.5 Å². The van der Waals surface area contributed by atoms with E-state index in [1.54, 1.807) is 43.4 Å². The summed E-state index contributed by atoms with van der Waals surface area (Å²) in [6.07, 6.45) is 3.02. The van der Waals surface area contributed by atoms with Crippen molar-refractivity contribution in [2.24, 2.45) is 0 Å². The smallest absolute Gasteiger partial charge is 0.259 e. The van der Waals surface area contributed by atoms with E-state index in [0.29, 0.717) is 52.6 Å². The van der Waals surface area contributed by atoms with Gasteiger partial charge in [0.05, 0.1) is 36.2 Å². The Morgan fingerprint density at radius 1 is 1.00 bits per heavy atom. The molecule has 48 heavy (non-hydrogen) atoms. The Labute approximate surface area is 280 Å². The Morgan fingerprint density at radius 2 is 1.79 bits per heavy atom. The number of aromatic nitrogens is 2. The van der Waals surface area contributed by atoms with Gasteiger partial charge in [-0.3, -0.25) is 14.4 Å². The molecule has 12 heteroatoms. The summed E-state index contributed by atoms with van der Waals surface area (Å²) in [6, 6.07) is 15.7. The summed E-state index contributed by atoms with van der Waals surface area (Å²) in [5.74, 6) is 0.720. The van der Waals surface area contributed by atoms with Crippen molar-refractivity contribution >= 4 is 40.1 Å². The topological polar surface area (TPSA) is 140 Å². The molecule has 0 aliphatic carbocycles. The van der Waals surface area contributed by atoms with Crippen molar-refractivity contribution in [3.63, 3.8) is 0 Å². The zero-order valence-corrected chi connectivity index (χ0v) is 28.0. The molecule has 0 radical (unpaired) electrons. The number of aryl methyl sites for hydroxylation is 1. The number of para-hydroxylation sites is 1. The van der Waals surface area contributed by atoms with Crippen LogP contribution in [0.15, 0.2) is 54.6 Å². The molecule has 5 rings (SSSR count). The van der Waals surface area contributed by atoms with Crippen LogP contribution in [-0.2, 0) is 11.4 Å². The number of ether oxygens (including phenoxy) is 2. The van der Waals surface area contributed by atoms with Gasteiger partial charge in [0.15, 0.2) is 0 Å². The normalized spacial score (nSPS) is 13.4. The van der Waals surface area contributed by atoms with Crippen LogP contribution in [0.1, 0.15) is 57.8 Å². The van der Waals surface area contributed by atoms with Crippen LogP contribution in [0.25, 0.3) is 11.0 Å². The second-order valence-corrected chi connectivity index (χ2v) is 12.1. The van der Waals surface area contributed by atoms with Gasteiger partial charge in [-0.15, -0.1) is 0 Å². The fraction of sp³-hybridized carbons (Fsp3) is 0.389. The Hall–Kier alpha value is -4.94. The monoisotopic (exact) mass is 656 g/mol. The molecular formula is C36H44N6O6. The molecule has 1 aliphatic heterocycles. The minimum Gasteiger partial charge on any atom is -0.496 e. The molecule has 12 nitrogen and oxygen atoms in total. The second-order valence-electron chi connectivity index (χ2n) is 12.1. The van der Waals surface area contributed by atoms with Gasteiger partial charge in [-0.1, -0.05) is 12.1 Å². The molecular weight excluding hydrogens is 612 g/mol. The number of likely N-dealkylation sites (N-methyl/N-ethyl adjacent to an activating group) is 1. The molecule has 3 amide bonds. The number of H-pyrrole nitrogens is 1. The number of imidazole rings is 1. The SMILES string of the molecule is COc1cc(C(=O)N(C)c2ccc(C)cc2OCCCCCC(=O)N2CCN(C)CC2)ccc1C(=O)Nc1cccc2[nH]c(CO)nc12. The fourth-order valence-corrected chi connectivity index (χ4v) is 5.73. The summed E-state index contributed by atoms with van der Waals surface area (Å²) < 4.78 is 11.7. The van der Waals surface area contributed by atoms with Crippen molar-refractivity contribution in [1.29, 1.82) is 0 Å². The number of piperazine rings is 1. The minimum atomic E-state index is -0.432. The summed E-state index contributed by atoms with van der Waals surface area (Å²) in [4.78, 5) is 52.6. The van der Waals surface area contributed by atoms with Crippen molar-refractivity contribution < 1.29 is 29.0 Å². The molecule has 254 valence electrons. The first-order valence-electron chi connectivity index (χ1n) is 16.2. The number of amides is 3. The van der Waals surface area contributed by atoms with E-state index in [4.69, 9.17) is 9.47 Å². The standard InChI is InChI=1S/C36H44N6O6/c1-24-12-15-29(31(21-24)48-20-7-5-6-11-33(44)42-18-16-40(2)17-19-42)41(3)36(46)25-13-14-26(30(22-25)47-4)35(45)38-28-10-8-9-27-34(28)39-32(23-43)37-27/h8-10,12-15,21-22,43H,5-7,11,16-20,23H2,1-4H3,(H,37,39)(H,38,45). The first-order valence-corrected chi connectivity index (χ1v) is 16.2. The maximum absolute atomic E-state index is 13.7. The van der Waals surface area contributed by atoms with Crippen LogP contribution in [0.3, 0.4) is 0 Å². The summed E-state index contributed by atoms with van der Waals surface area (Å²) in [5, 5.41) is 12.3. The van der Waals surface area contributed by atoms with Crippen LogP contribution in [0.5, 0.6) is 11.5 Å². The molecule has 4 aromatic rings. The number of nitrogens with zero attached hydrogens (tertiary/aromatic N) is 4. The van der Waals surface area contributed by atoms with Crippen molar-refractivity contribution in [2.75, 3.05) is 64.2 Å². The number of aromatic amines is 1. The van der Waals surface area contributed by atoms with Crippen molar-refractivity contribution in [1.82, 2.24) is 19.8 Å². The molecule has 0 saturated carbocycles. The fourth-order valence-electron chi connectivity index (χ4n) is 5.73. The molecule has 2 heterocycles. The summed E-state index contributed by atoms with van der Waals surface area (Å²) in [6.45, 7) is 5.61. The van der Waals surface area contributed by atoms with Crippen LogP contribution in [0.2, 0.25) is 0 Å². The molecule has 1 aliphatic rings. The second kappa shape index (κ2) is 15.8. The summed E-state index contributed by atoms with van der Waals surface area (Å²) in [5.41, 5.74) is 3.88. The average molecular weight is 657 g/mol. The predicted molar refractivity (Wildman–Crippen MR) is 185 cm³/mol. The number of hydrogen-bond acceptors (Lipinski definition) is 8. The van der Waals surface area contributed by atoms with E-state index in [0.717, 1.165) is 51.0 Å². The average Bonchev–Trinajstić information content (AvgIpc) is 3.54. The Kier molecular flexibility index (Phi) is 11.3. The minimum absolute atomic E-state index is 0.222. The first kappa shape index (κ1) is 34.4. The number of carbonyl (C=O) groups excluding carboxylic acids is 3. The number of aliphatic hydroxyl groups is 1. The van der Waals surface area contributed by atoms with E-state index in [2.05, 4.69) is 27.2 Å². The van der Waals surface area contributed by atoms with Gasteiger partial charge >= 0.3 is 0 Å². The van der Waals surface area contributed by atoms with Gasteiger partial charge in [-0.05, 0) is 81.3 Å². The Morgan fingerprint density at radius 3 is 2.54 bits per heavy atom. The van der Waals surface area contributed by atoms with E-state index in [1.807, 2.05) is 30.0 Å². The van der Waals surface area contributed by atoms with Gasteiger partial charge in [0.25, 0.3) is 11.8 Å². The molecule has 0 spiro atoms. The Bertz CT molecular complexity index is 1760. The zero-order valence-electron chi connectivity index (χ0n) is 28.0. The van der Waals surface area contributed by atoms with Crippen molar-refractivity contribution in [3.8, 4) is 11.5 Å². The third-order valence-corrected chi connectivity index (χ3v) is 8.58. The number of methoxy groups -OCH3 is 1.